The highest BCUT2D eigenvalue weighted by atomic mass is 16.2. The molecule has 0 bridgehead atoms. The minimum atomic E-state index is 0.180. The standard InChI is InChI=1S/C15H29N3O/c1-4-7-18-8-5-14(6-9-18)17(3)15(19)12(2)13-10-16-11-13/h12-14,16H,4-11H2,1-3H3. The van der Waals surface area contributed by atoms with E-state index in [1.807, 2.05) is 11.9 Å². The molecule has 2 fully saturated rings. The first kappa shape index (κ1) is 14.8. The molecule has 4 nitrogen and oxygen atoms in total. The van der Waals surface area contributed by atoms with Crippen LogP contribution in [0.15, 0.2) is 0 Å². The average molecular weight is 267 g/mol. The molecule has 0 aliphatic carbocycles. The summed E-state index contributed by atoms with van der Waals surface area (Å²) in [5.74, 6) is 1.08. The molecular weight excluding hydrogens is 238 g/mol. The maximum absolute atomic E-state index is 12.5. The third-order valence-corrected chi connectivity index (χ3v) is 4.90. The van der Waals surface area contributed by atoms with Gasteiger partial charge in [-0.2, -0.15) is 0 Å². The van der Waals surface area contributed by atoms with Crippen LogP contribution in [0.3, 0.4) is 0 Å². The quantitative estimate of drug-likeness (QED) is 0.812. The molecule has 4 heteroatoms. The van der Waals surface area contributed by atoms with Gasteiger partial charge in [-0.1, -0.05) is 13.8 Å². The molecule has 0 aromatic rings. The molecule has 19 heavy (non-hydrogen) atoms. The van der Waals surface area contributed by atoms with Gasteiger partial charge >= 0.3 is 0 Å². The van der Waals surface area contributed by atoms with Crippen LogP contribution in [0.4, 0.5) is 0 Å². The van der Waals surface area contributed by atoms with Crippen molar-refractivity contribution in [1.29, 1.82) is 0 Å². The van der Waals surface area contributed by atoms with Gasteiger partial charge in [0.2, 0.25) is 5.91 Å². The Morgan fingerprint density at radius 2 is 2.00 bits per heavy atom. The van der Waals surface area contributed by atoms with Gasteiger partial charge in [-0.3, -0.25) is 4.79 Å². The van der Waals surface area contributed by atoms with Crippen LogP contribution in [0, 0.1) is 11.8 Å². The summed E-state index contributed by atoms with van der Waals surface area (Å²) in [7, 11) is 2.01. The Bertz CT molecular complexity index is 296. The summed E-state index contributed by atoms with van der Waals surface area (Å²) in [5, 5.41) is 3.26. The van der Waals surface area contributed by atoms with Crippen LogP contribution in [0.5, 0.6) is 0 Å². The molecule has 0 radical (unpaired) electrons. The van der Waals surface area contributed by atoms with Gasteiger partial charge in [0.15, 0.2) is 0 Å². The SMILES string of the molecule is CCCN1CCC(N(C)C(=O)C(C)C2CNC2)CC1. The predicted molar refractivity (Wildman–Crippen MR) is 78.0 cm³/mol. The number of piperidine rings is 1. The van der Waals surface area contributed by atoms with Crippen LogP contribution in [0.2, 0.25) is 0 Å². The van der Waals surface area contributed by atoms with Crippen molar-refractivity contribution in [1.82, 2.24) is 15.1 Å². The van der Waals surface area contributed by atoms with E-state index in [2.05, 4.69) is 24.1 Å². The number of hydrogen-bond donors (Lipinski definition) is 1. The maximum atomic E-state index is 12.5. The van der Waals surface area contributed by atoms with E-state index in [0.717, 1.165) is 39.0 Å². The van der Waals surface area contributed by atoms with Crippen molar-refractivity contribution < 1.29 is 4.79 Å². The average Bonchev–Trinajstić information content (AvgIpc) is 2.36. The molecule has 2 heterocycles. The fourth-order valence-electron chi connectivity index (χ4n) is 3.21. The molecule has 0 aromatic heterocycles. The van der Waals surface area contributed by atoms with Gasteiger partial charge in [0.25, 0.3) is 0 Å². The molecule has 110 valence electrons. The Morgan fingerprint density at radius 3 is 2.47 bits per heavy atom. The van der Waals surface area contributed by atoms with Crippen molar-refractivity contribution in [2.24, 2.45) is 11.8 Å². The molecule has 1 unspecified atom stereocenters. The van der Waals surface area contributed by atoms with Crippen LogP contribution in [0.25, 0.3) is 0 Å². The Balaban J connectivity index is 1.79. The zero-order valence-electron chi connectivity index (χ0n) is 12.7. The van der Waals surface area contributed by atoms with E-state index in [4.69, 9.17) is 0 Å². The molecule has 0 aromatic carbocycles. The van der Waals surface area contributed by atoms with E-state index in [-0.39, 0.29) is 5.92 Å². The van der Waals surface area contributed by atoms with Crippen molar-refractivity contribution in [3.05, 3.63) is 0 Å². The highest BCUT2D eigenvalue weighted by molar-refractivity contribution is 5.79. The summed E-state index contributed by atoms with van der Waals surface area (Å²) in [5.41, 5.74) is 0. The largest absolute Gasteiger partial charge is 0.342 e. The van der Waals surface area contributed by atoms with Crippen LogP contribution in [-0.2, 0) is 4.79 Å². The molecule has 2 aliphatic heterocycles. The van der Waals surface area contributed by atoms with E-state index in [1.54, 1.807) is 0 Å². The zero-order chi connectivity index (χ0) is 13.8. The summed E-state index contributed by atoms with van der Waals surface area (Å²) < 4.78 is 0. The van der Waals surface area contributed by atoms with Gasteiger partial charge in [0.1, 0.15) is 0 Å². The van der Waals surface area contributed by atoms with Gasteiger partial charge in [0, 0.05) is 32.1 Å². The highest BCUT2D eigenvalue weighted by Gasteiger charge is 2.33. The third-order valence-electron chi connectivity index (χ3n) is 4.90. The number of carbonyl (C=O) groups is 1. The number of carbonyl (C=O) groups excluding carboxylic acids is 1. The Kier molecular flexibility index (Phi) is 5.22. The van der Waals surface area contributed by atoms with Crippen LogP contribution in [-0.4, -0.2) is 61.5 Å². The van der Waals surface area contributed by atoms with Gasteiger partial charge in [0.05, 0.1) is 0 Å². The van der Waals surface area contributed by atoms with Crippen molar-refractivity contribution >= 4 is 5.91 Å². The molecule has 0 spiro atoms. The van der Waals surface area contributed by atoms with E-state index in [1.165, 1.54) is 13.0 Å². The lowest BCUT2D eigenvalue weighted by atomic mass is 9.87. The van der Waals surface area contributed by atoms with Gasteiger partial charge < -0.3 is 15.1 Å². The van der Waals surface area contributed by atoms with Crippen LogP contribution >= 0.6 is 0 Å². The van der Waals surface area contributed by atoms with Crippen molar-refractivity contribution in [3.63, 3.8) is 0 Å². The summed E-state index contributed by atoms with van der Waals surface area (Å²) in [6, 6.07) is 0.455. The first-order chi connectivity index (χ1) is 9.13. The summed E-state index contributed by atoms with van der Waals surface area (Å²) in [6.07, 6.45) is 3.50. The summed E-state index contributed by atoms with van der Waals surface area (Å²) in [4.78, 5) is 17.0. The number of hydrogen-bond acceptors (Lipinski definition) is 3. The fourth-order valence-corrected chi connectivity index (χ4v) is 3.21. The summed E-state index contributed by atoms with van der Waals surface area (Å²) in [6.45, 7) is 9.84. The number of rotatable bonds is 5. The minimum absolute atomic E-state index is 0.180. The van der Waals surface area contributed by atoms with E-state index in [0.29, 0.717) is 17.9 Å². The molecule has 1 atom stereocenters. The molecule has 2 rings (SSSR count). The van der Waals surface area contributed by atoms with Gasteiger partial charge in [-0.25, -0.2) is 0 Å². The van der Waals surface area contributed by atoms with Gasteiger partial charge in [-0.15, -0.1) is 0 Å². The molecule has 2 saturated heterocycles. The van der Waals surface area contributed by atoms with Gasteiger partial charge in [-0.05, 0) is 44.8 Å². The molecule has 1 N–H and O–H groups in total. The minimum Gasteiger partial charge on any atom is -0.342 e. The Hall–Kier alpha value is -0.610. The topological polar surface area (TPSA) is 35.6 Å². The first-order valence-corrected chi connectivity index (χ1v) is 7.83. The highest BCUT2D eigenvalue weighted by Crippen LogP contribution is 2.22. The number of likely N-dealkylation sites (tertiary alicyclic amines) is 1. The first-order valence-electron chi connectivity index (χ1n) is 7.83. The monoisotopic (exact) mass is 267 g/mol. The Labute approximate surface area is 117 Å². The van der Waals surface area contributed by atoms with Crippen molar-refractivity contribution in [3.8, 4) is 0 Å². The summed E-state index contributed by atoms with van der Waals surface area (Å²) >= 11 is 0. The zero-order valence-corrected chi connectivity index (χ0v) is 12.7. The van der Waals surface area contributed by atoms with E-state index >= 15 is 0 Å². The maximum Gasteiger partial charge on any atom is 0.225 e. The lowest BCUT2D eigenvalue weighted by molar-refractivity contribution is -0.139. The van der Waals surface area contributed by atoms with Crippen LogP contribution < -0.4 is 5.32 Å². The second-order valence-corrected chi connectivity index (χ2v) is 6.23. The number of nitrogens with one attached hydrogen (secondary N) is 1. The fraction of sp³-hybridized carbons (Fsp3) is 0.933. The Morgan fingerprint density at radius 1 is 1.37 bits per heavy atom. The smallest absolute Gasteiger partial charge is 0.225 e. The number of nitrogens with zero attached hydrogens (tertiary/aromatic N) is 2. The molecular formula is C15H29N3O. The lowest BCUT2D eigenvalue weighted by Gasteiger charge is -2.40. The van der Waals surface area contributed by atoms with Crippen LogP contribution in [0.1, 0.15) is 33.1 Å². The number of amides is 1. The third kappa shape index (κ3) is 3.48. The molecule has 2 aliphatic rings. The lowest BCUT2D eigenvalue weighted by Crippen LogP contribution is -2.52. The van der Waals surface area contributed by atoms with E-state index < -0.39 is 0 Å². The van der Waals surface area contributed by atoms with Crippen molar-refractivity contribution in [2.75, 3.05) is 39.8 Å². The second-order valence-electron chi connectivity index (χ2n) is 6.23. The van der Waals surface area contributed by atoms with E-state index in [9.17, 15) is 4.79 Å². The van der Waals surface area contributed by atoms with Crippen molar-refractivity contribution in [2.45, 2.75) is 39.2 Å². The predicted octanol–water partition coefficient (Wildman–Crippen LogP) is 1.17. The molecule has 1 amide bonds. The second kappa shape index (κ2) is 6.71. The molecule has 0 saturated carbocycles. The normalized spacial score (nSPS) is 23.9.